The Bertz CT molecular complexity index is 1250. The summed E-state index contributed by atoms with van der Waals surface area (Å²) in [6.45, 7) is 3.64. The van der Waals surface area contributed by atoms with Crippen molar-refractivity contribution in [3.8, 4) is 5.75 Å². The van der Waals surface area contributed by atoms with Gasteiger partial charge in [-0.1, -0.05) is 54.6 Å². The van der Waals surface area contributed by atoms with Gasteiger partial charge in [-0.05, 0) is 49.8 Å². The Kier molecular flexibility index (Phi) is 8.16. The predicted molar refractivity (Wildman–Crippen MR) is 137 cm³/mol. The van der Waals surface area contributed by atoms with Crippen molar-refractivity contribution in [1.82, 2.24) is 0 Å². The van der Waals surface area contributed by atoms with Gasteiger partial charge in [0.1, 0.15) is 5.75 Å². The van der Waals surface area contributed by atoms with Crippen LogP contribution in [0.25, 0.3) is 6.08 Å². The fraction of sp³-hybridized carbons (Fsp3) is 0.192. The van der Waals surface area contributed by atoms with Crippen LogP contribution >= 0.6 is 0 Å². The number of hydrogen-bond acceptors (Lipinski definition) is 7. The van der Waals surface area contributed by atoms with Crippen molar-refractivity contribution in [2.45, 2.75) is 24.9 Å². The van der Waals surface area contributed by atoms with Gasteiger partial charge in [-0.15, -0.1) is 0 Å². The van der Waals surface area contributed by atoms with E-state index in [2.05, 4.69) is 10.6 Å². The molecule has 0 atom stereocenters. The van der Waals surface area contributed by atoms with Gasteiger partial charge in [0.25, 0.3) is 4.99 Å². The minimum atomic E-state index is -4.41. The molecular weight excluding hydrogens is 468 g/mol. The Labute approximate surface area is 205 Å². The van der Waals surface area contributed by atoms with E-state index in [9.17, 15) is 17.8 Å². The quantitative estimate of drug-likeness (QED) is 0.251. The van der Waals surface area contributed by atoms with E-state index in [4.69, 9.17) is 9.47 Å². The molecule has 0 saturated carbocycles. The lowest BCUT2D eigenvalue weighted by atomic mass is 10.2. The first-order valence-electron chi connectivity index (χ1n) is 10.9. The average Bonchev–Trinajstić information content (AvgIpc) is 3.25. The molecule has 1 aliphatic rings. The monoisotopic (exact) mass is 496 g/mol. The van der Waals surface area contributed by atoms with Gasteiger partial charge in [0, 0.05) is 11.6 Å². The summed E-state index contributed by atoms with van der Waals surface area (Å²) in [4.78, 5) is 9.48. The van der Waals surface area contributed by atoms with Crippen LogP contribution in [0.4, 0.5) is 11.4 Å². The fourth-order valence-corrected chi connectivity index (χ4v) is 4.27. The molecule has 8 nitrogen and oxygen atoms in total. The van der Waals surface area contributed by atoms with Crippen molar-refractivity contribution in [3.63, 3.8) is 0 Å². The highest BCUT2D eigenvalue weighted by Crippen LogP contribution is 2.41. The van der Waals surface area contributed by atoms with Crippen LogP contribution in [0, 0.1) is 0 Å². The number of carbonyl (C=O) groups excluding carboxylic acids is 1. The number of ether oxygens (including phenoxy) is 2. The fourth-order valence-electron chi connectivity index (χ4n) is 3.36. The summed E-state index contributed by atoms with van der Waals surface area (Å²) in [5.41, 5.74) is 2.61. The summed E-state index contributed by atoms with van der Waals surface area (Å²) in [6.07, 6.45) is 3.04. The molecule has 0 bridgehead atoms. The van der Waals surface area contributed by atoms with Crippen molar-refractivity contribution in [3.05, 3.63) is 96.1 Å². The molecule has 0 saturated heterocycles. The second kappa shape index (κ2) is 11.1. The second-order valence-electron chi connectivity index (χ2n) is 7.91. The molecule has 0 unspecified atom stereocenters. The SMILES string of the molecule is COc1ccc(/C=C/C(=O)OC(C)C)cc1.O=S(=O)(O)C1(c2ccccc2)Nc2ccccc2N1. The molecule has 0 amide bonds. The van der Waals surface area contributed by atoms with Crippen molar-refractivity contribution in [2.24, 2.45) is 0 Å². The maximum atomic E-state index is 11.9. The van der Waals surface area contributed by atoms with Crippen molar-refractivity contribution < 1.29 is 27.2 Å². The molecule has 9 heteroatoms. The van der Waals surface area contributed by atoms with E-state index in [1.165, 1.54) is 6.08 Å². The standard InChI is InChI=1S/C13H12N2O3S.C13H16O3/c16-19(17,18)13(10-6-2-1-3-7-10)14-11-8-4-5-9-12(11)15-13;1-10(2)16-13(14)9-6-11-4-7-12(15-3)8-5-11/h1-9,14-15H,(H,16,17,18);4-10H,1-3H3/b;9-6+. The van der Waals surface area contributed by atoms with Crippen molar-refractivity contribution >= 4 is 33.5 Å². The predicted octanol–water partition coefficient (Wildman–Crippen LogP) is 4.88. The highest BCUT2D eigenvalue weighted by Gasteiger charge is 2.49. The number of fused-ring (bicyclic) bond motifs is 1. The largest absolute Gasteiger partial charge is 0.497 e. The molecule has 0 fully saturated rings. The Balaban J connectivity index is 0.000000199. The Morgan fingerprint density at radius 2 is 1.46 bits per heavy atom. The van der Waals surface area contributed by atoms with E-state index in [1.54, 1.807) is 67.8 Å². The summed E-state index contributed by atoms with van der Waals surface area (Å²) >= 11 is 0. The summed E-state index contributed by atoms with van der Waals surface area (Å²) < 4.78 is 43.3. The zero-order valence-corrected chi connectivity index (χ0v) is 20.5. The maximum absolute atomic E-state index is 11.9. The van der Waals surface area contributed by atoms with Crippen LogP contribution in [0.1, 0.15) is 25.0 Å². The van der Waals surface area contributed by atoms with E-state index in [0.29, 0.717) is 16.9 Å². The third-order valence-electron chi connectivity index (χ3n) is 5.00. The molecule has 35 heavy (non-hydrogen) atoms. The van der Waals surface area contributed by atoms with Gasteiger partial charge in [0.05, 0.1) is 24.6 Å². The number of esters is 1. The summed E-state index contributed by atoms with van der Waals surface area (Å²) in [7, 11) is -2.79. The Morgan fingerprint density at radius 1 is 0.914 bits per heavy atom. The third kappa shape index (κ3) is 6.40. The Morgan fingerprint density at radius 3 is 1.94 bits per heavy atom. The number of hydrogen-bond donors (Lipinski definition) is 3. The van der Waals surface area contributed by atoms with E-state index >= 15 is 0 Å². The molecular formula is C26H28N2O6S. The van der Waals surface area contributed by atoms with E-state index in [-0.39, 0.29) is 12.1 Å². The van der Waals surface area contributed by atoms with Gasteiger partial charge in [0.2, 0.25) is 0 Å². The molecule has 0 aliphatic carbocycles. The molecule has 0 radical (unpaired) electrons. The molecule has 3 aromatic rings. The van der Waals surface area contributed by atoms with E-state index in [1.807, 2.05) is 38.1 Å². The minimum Gasteiger partial charge on any atom is -0.497 e. The molecule has 0 aromatic heterocycles. The number of nitrogens with one attached hydrogen (secondary N) is 2. The maximum Gasteiger partial charge on any atom is 0.331 e. The molecule has 4 rings (SSSR count). The average molecular weight is 497 g/mol. The lowest BCUT2D eigenvalue weighted by molar-refractivity contribution is -0.141. The number of anilines is 2. The van der Waals surface area contributed by atoms with Crippen LogP contribution in [0.3, 0.4) is 0 Å². The van der Waals surface area contributed by atoms with E-state index in [0.717, 1.165) is 11.3 Å². The smallest absolute Gasteiger partial charge is 0.331 e. The van der Waals surface area contributed by atoms with Gasteiger partial charge < -0.3 is 20.1 Å². The van der Waals surface area contributed by atoms with Gasteiger partial charge >= 0.3 is 16.1 Å². The first-order chi connectivity index (χ1) is 16.6. The van der Waals surface area contributed by atoms with E-state index < -0.39 is 15.1 Å². The lowest BCUT2D eigenvalue weighted by Gasteiger charge is -2.27. The van der Waals surface area contributed by atoms with Crippen LogP contribution in [0.2, 0.25) is 0 Å². The minimum absolute atomic E-state index is 0.0898. The second-order valence-corrected chi connectivity index (χ2v) is 9.47. The number of benzene rings is 3. The summed E-state index contributed by atoms with van der Waals surface area (Å²) in [6, 6.07) is 23.0. The molecule has 1 aliphatic heterocycles. The first-order valence-corrected chi connectivity index (χ1v) is 12.3. The van der Waals surface area contributed by atoms with Crippen LogP contribution in [0.5, 0.6) is 5.75 Å². The van der Waals surface area contributed by atoms with Gasteiger partial charge in [-0.3, -0.25) is 4.55 Å². The first kappa shape index (κ1) is 25.8. The number of carbonyl (C=O) groups is 1. The molecule has 0 spiro atoms. The zero-order chi connectivity index (χ0) is 25.5. The van der Waals surface area contributed by atoms with Gasteiger partial charge in [-0.2, -0.15) is 8.42 Å². The Hall–Kier alpha value is -3.82. The van der Waals surface area contributed by atoms with Crippen LogP contribution in [0.15, 0.2) is 84.9 Å². The van der Waals surface area contributed by atoms with Crippen molar-refractivity contribution in [1.29, 1.82) is 0 Å². The van der Waals surface area contributed by atoms with Gasteiger partial charge in [-0.25, -0.2) is 4.79 Å². The highest BCUT2D eigenvalue weighted by atomic mass is 32.2. The molecule has 1 heterocycles. The number of rotatable bonds is 6. The zero-order valence-electron chi connectivity index (χ0n) is 19.6. The normalized spacial score (nSPS) is 13.7. The van der Waals surface area contributed by atoms with Gasteiger partial charge in [0.15, 0.2) is 0 Å². The third-order valence-corrected chi connectivity index (χ3v) is 6.21. The number of para-hydroxylation sites is 2. The van der Waals surface area contributed by atoms with Crippen LogP contribution < -0.4 is 15.4 Å². The van der Waals surface area contributed by atoms with Crippen LogP contribution in [-0.4, -0.2) is 32.2 Å². The molecule has 3 N–H and O–H groups in total. The highest BCUT2D eigenvalue weighted by molar-refractivity contribution is 7.87. The topological polar surface area (TPSA) is 114 Å². The number of methoxy groups -OCH3 is 1. The lowest BCUT2D eigenvalue weighted by Crippen LogP contribution is -2.46. The molecule has 3 aromatic carbocycles. The van der Waals surface area contributed by atoms with Crippen molar-refractivity contribution in [2.75, 3.05) is 17.7 Å². The van der Waals surface area contributed by atoms with Crippen LogP contribution in [-0.2, 0) is 24.6 Å². The summed E-state index contributed by atoms with van der Waals surface area (Å²) in [5, 5.41) is 5.71. The summed E-state index contributed by atoms with van der Waals surface area (Å²) in [5.74, 6) is 0.465. The molecule has 184 valence electrons.